The van der Waals surface area contributed by atoms with Gasteiger partial charge in [0.05, 0.1) is 5.56 Å². The van der Waals surface area contributed by atoms with Gasteiger partial charge in [-0.3, -0.25) is 4.79 Å². The van der Waals surface area contributed by atoms with E-state index in [4.69, 9.17) is 9.15 Å². The zero-order valence-electron chi connectivity index (χ0n) is 20.2. The molecule has 0 aliphatic heterocycles. The Labute approximate surface area is 215 Å². The molecule has 0 aliphatic carbocycles. The van der Waals surface area contributed by atoms with Crippen molar-refractivity contribution in [2.45, 2.75) is 13.2 Å². The fourth-order valence-corrected chi connectivity index (χ4v) is 4.61. The Hall–Kier alpha value is -4.83. The van der Waals surface area contributed by atoms with Crippen LogP contribution in [-0.4, -0.2) is 5.91 Å². The number of amides is 1. The molecule has 0 saturated carbocycles. The van der Waals surface area contributed by atoms with E-state index in [1.807, 2.05) is 109 Å². The van der Waals surface area contributed by atoms with Crippen molar-refractivity contribution in [1.82, 2.24) is 5.32 Å². The van der Waals surface area contributed by atoms with Crippen LogP contribution in [0.5, 0.6) is 5.75 Å². The van der Waals surface area contributed by atoms with Gasteiger partial charge in [-0.15, -0.1) is 0 Å². The lowest BCUT2D eigenvalue weighted by Crippen LogP contribution is -2.23. The number of hydrogen-bond acceptors (Lipinski definition) is 3. The zero-order valence-corrected chi connectivity index (χ0v) is 20.2. The number of benzene rings is 5. The predicted molar refractivity (Wildman–Crippen MR) is 148 cm³/mol. The number of carbonyl (C=O) groups excluding carboxylic acids is 1. The zero-order chi connectivity index (χ0) is 25.0. The third kappa shape index (κ3) is 4.69. The highest BCUT2D eigenvalue weighted by Crippen LogP contribution is 2.38. The first kappa shape index (κ1) is 22.6. The van der Waals surface area contributed by atoms with Crippen LogP contribution in [0.4, 0.5) is 0 Å². The van der Waals surface area contributed by atoms with Crippen LogP contribution in [0, 0.1) is 0 Å². The molecule has 0 atom stereocenters. The van der Waals surface area contributed by atoms with E-state index < -0.39 is 0 Å². The molecule has 1 N–H and O–H groups in total. The van der Waals surface area contributed by atoms with Crippen molar-refractivity contribution in [2.75, 3.05) is 0 Å². The van der Waals surface area contributed by atoms with Crippen LogP contribution >= 0.6 is 0 Å². The molecule has 4 nitrogen and oxygen atoms in total. The van der Waals surface area contributed by atoms with Gasteiger partial charge in [0.1, 0.15) is 23.5 Å². The van der Waals surface area contributed by atoms with E-state index in [0.717, 1.165) is 44.2 Å². The SMILES string of the molecule is O=C(NCc1ccccc1)c1cc(OCc2ccccc2)ccc1-c1cccc2c1oc1ccccc12. The first-order valence-electron chi connectivity index (χ1n) is 12.3. The molecule has 0 saturated heterocycles. The van der Waals surface area contributed by atoms with Gasteiger partial charge in [-0.1, -0.05) is 97.1 Å². The number of ether oxygens (including phenoxy) is 1. The molecule has 0 unspecified atom stereocenters. The second-order valence-electron chi connectivity index (χ2n) is 8.93. The molecule has 0 aliphatic rings. The fraction of sp³-hybridized carbons (Fsp3) is 0.0606. The van der Waals surface area contributed by atoms with Crippen molar-refractivity contribution in [1.29, 1.82) is 0 Å². The van der Waals surface area contributed by atoms with Crippen LogP contribution in [0.1, 0.15) is 21.5 Å². The first-order chi connectivity index (χ1) is 18.3. The van der Waals surface area contributed by atoms with Gasteiger partial charge in [-0.25, -0.2) is 0 Å². The molecule has 0 spiro atoms. The minimum atomic E-state index is -0.169. The lowest BCUT2D eigenvalue weighted by Gasteiger charge is -2.14. The average molecular weight is 484 g/mol. The maximum atomic E-state index is 13.5. The second-order valence-corrected chi connectivity index (χ2v) is 8.93. The summed E-state index contributed by atoms with van der Waals surface area (Å²) in [6.07, 6.45) is 0. The molecule has 1 heterocycles. The van der Waals surface area contributed by atoms with E-state index in [-0.39, 0.29) is 5.91 Å². The van der Waals surface area contributed by atoms with Crippen LogP contribution in [0.3, 0.4) is 0 Å². The summed E-state index contributed by atoms with van der Waals surface area (Å²) in [6, 6.07) is 39.6. The lowest BCUT2D eigenvalue weighted by atomic mass is 9.96. The van der Waals surface area contributed by atoms with Crippen molar-refractivity contribution in [2.24, 2.45) is 0 Å². The number of furan rings is 1. The number of hydrogen-bond donors (Lipinski definition) is 1. The molecule has 37 heavy (non-hydrogen) atoms. The van der Waals surface area contributed by atoms with Gasteiger partial charge in [0.15, 0.2) is 0 Å². The molecule has 1 aromatic heterocycles. The minimum absolute atomic E-state index is 0.169. The molecule has 0 bridgehead atoms. The second kappa shape index (κ2) is 10.0. The molecule has 6 rings (SSSR count). The molecule has 4 heteroatoms. The number of fused-ring (bicyclic) bond motifs is 3. The van der Waals surface area contributed by atoms with Crippen LogP contribution in [0.15, 0.2) is 126 Å². The van der Waals surface area contributed by atoms with Crippen LogP contribution in [-0.2, 0) is 13.2 Å². The van der Waals surface area contributed by atoms with Crippen molar-refractivity contribution < 1.29 is 13.9 Å². The van der Waals surface area contributed by atoms with E-state index in [1.165, 1.54) is 0 Å². The van der Waals surface area contributed by atoms with E-state index in [2.05, 4.69) is 17.4 Å². The Morgan fingerprint density at radius 1 is 0.676 bits per heavy atom. The fourth-order valence-electron chi connectivity index (χ4n) is 4.61. The standard InChI is InChI=1S/C33H25NO3/c35-33(34-21-23-10-3-1-4-11-23)30-20-25(36-22-24-12-5-2-6-13-24)18-19-26(30)28-15-9-16-29-27-14-7-8-17-31(27)37-32(28)29/h1-20H,21-22H2,(H,34,35). The minimum Gasteiger partial charge on any atom is -0.489 e. The Kier molecular flexibility index (Phi) is 6.14. The third-order valence-electron chi connectivity index (χ3n) is 6.47. The molecule has 0 radical (unpaired) electrons. The lowest BCUT2D eigenvalue weighted by molar-refractivity contribution is 0.0951. The molecule has 5 aromatic carbocycles. The summed E-state index contributed by atoms with van der Waals surface area (Å²) in [4.78, 5) is 13.5. The summed E-state index contributed by atoms with van der Waals surface area (Å²) in [5.41, 5.74) is 5.88. The third-order valence-corrected chi connectivity index (χ3v) is 6.47. The molecule has 1 amide bonds. The number of para-hydroxylation sites is 2. The van der Waals surface area contributed by atoms with Gasteiger partial charge >= 0.3 is 0 Å². The summed E-state index contributed by atoms with van der Waals surface area (Å²) in [7, 11) is 0. The molecule has 180 valence electrons. The van der Waals surface area contributed by atoms with E-state index in [0.29, 0.717) is 24.5 Å². The number of rotatable bonds is 7. The molecular formula is C33H25NO3. The van der Waals surface area contributed by atoms with Gasteiger partial charge < -0.3 is 14.5 Å². The van der Waals surface area contributed by atoms with Crippen molar-refractivity contribution in [3.8, 4) is 16.9 Å². The quantitative estimate of drug-likeness (QED) is 0.252. The predicted octanol–water partition coefficient (Wildman–Crippen LogP) is 7.76. The Balaban J connectivity index is 1.40. The largest absolute Gasteiger partial charge is 0.489 e. The Bertz CT molecular complexity index is 1690. The highest BCUT2D eigenvalue weighted by atomic mass is 16.5. The summed E-state index contributed by atoms with van der Waals surface area (Å²) >= 11 is 0. The van der Waals surface area contributed by atoms with Crippen LogP contribution in [0.25, 0.3) is 33.1 Å². The van der Waals surface area contributed by atoms with Gasteiger partial charge in [-0.05, 0) is 41.0 Å². The normalized spacial score (nSPS) is 11.0. The van der Waals surface area contributed by atoms with E-state index in [9.17, 15) is 4.79 Å². The van der Waals surface area contributed by atoms with Crippen LogP contribution < -0.4 is 10.1 Å². The van der Waals surface area contributed by atoms with E-state index >= 15 is 0 Å². The van der Waals surface area contributed by atoms with Crippen molar-refractivity contribution in [3.63, 3.8) is 0 Å². The van der Waals surface area contributed by atoms with E-state index in [1.54, 1.807) is 0 Å². The highest BCUT2D eigenvalue weighted by Gasteiger charge is 2.19. The summed E-state index contributed by atoms with van der Waals surface area (Å²) in [6.45, 7) is 0.855. The topological polar surface area (TPSA) is 51.5 Å². The Morgan fingerprint density at radius 3 is 2.19 bits per heavy atom. The van der Waals surface area contributed by atoms with Gasteiger partial charge in [0.25, 0.3) is 5.91 Å². The van der Waals surface area contributed by atoms with Gasteiger partial charge in [0, 0.05) is 22.9 Å². The van der Waals surface area contributed by atoms with Gasteiger partial charge in [0.2, 0.25) is 0 Å². The molecular weight excluding hydrogens is 458 g/mol. The summed E-state index contributed by atoms with van der Waals surface area (Å²) in [5.74, 6) is 0.464. The Morgan fingerprint density at radius 2 is 1.38 bits per heavy atom. The molecule has 0 fully saturated rings. The van der Waals surface area contributed by atoms with Crippen molar-refractivity contribution >= 4 is 27.8 Å². The maximum Gasteiger partial charge on any atom is 0.252 e. The monoisotopic (exact) mass is 483 g/mol. The summed E-state index contributed by atoms with van der Waals surface area (Å²) < 4.78 is 12.3. The smallest absolute Gasteiger partial charge is 0.252 e. The number of carbonyl (C=O) groups is 1. The molecule has 6 aromatic rings. The highest BCUT2D eigenvalue weighted by molar-refractivity contribution is 6.11. The summed E-state index contributed by atoms with van der Waals surface area (Å²) in [5, 5.41) is 5.15. The number of nitrogens with one attached hydrogen (secondary N) is 1. The van der Waals surface area contributed by atoms with Gasteiger partial charge in [-0.2, -0.15) is 0 Å². The van der Waals surface area contributed by atoms with Crippen molar-refractivity contribution in [3.05, 3.63) is 138 Å². The average Bonchev–Trinajstić information content (AvgIpc) is 3.35. The first-order valence-corrected chi connectivity index (χ1v) is 12.3. The maximum absolute atomic E-state index is 13.5. The van der Waals surface area contributed by atoms with Crippen LogP contribution in [0.2, 0.25) is 0 Å².